The molecule has 0 radical (unpaired) electrons. The van der Waals surface area contributed by atoms with Crippen LogP contribution in [0, 0.1) is 17.2 Å². The Kier molecular flexibility index (Phi) is 7.37. The van der Waals surface area contributed by atoms with E-state index in [9.17, 15) is 18.5 Å². The van der Waals surface area contributed by atoms with Crippen LogP contribution in [0.2, 0.25) is 0 Å². The molecule has 1 amide bonds. The Hall–Kier alpha value is -2.41. The van der Waals surface area contributed by atoms with Gasteiger partial charge in [-0.05, 0) is 42.9 Å². The molecule has 2 aliphatic rings. The number of benzene rings is 1. The van der Waals surface area contributed by atoms with Gasteiger partial charge in [-0.3, -0.25) is 14.4 Å². The molecule has 0 unspecified atom stereocenters. The van der Waals surface area contributed by atoms with Crippen LogP contribution in [-0.2, 0) is 34.2 Å². The summed E-state index contributed by atoms with van der Waals surface area (Å²) in [5.41, 5.74) is 2.91. The van der Waals surface area contributed by atoms with Crippen molar-refractivity contribution in [3.05, 3.63) is 45.8 Å². The van der Waals surface area contributed by atoms with Gasteiger partial charge in [0.25, 0.3) is 0 Å². The summed E-state index contributed by atoms with van der Waals surface area (Å²) in [4.78, 5) is 16.4. The molecule has 1 fully saturated rings. The number of nitriles is 1. The van der Waals surface area contributed by atoms with E-state index in [2.05, 4.69) is 21.0 Å². The first kappa shape index (κ1) is 23.7. The van der Waals surface area contributed by atoms with Crippen LogP contribution in [0.15, 0.2) is 24.3 Å². The molecule has 1 aliphatic heterocycles. The highest BCUT2D eigenvalue weighted by Crippen LogP contribution is 2.37. The topological polar surface area (TPSA) is 102 Å². The monoisotopic (exact) mass is 486 g/mol. The van der Waals surface area contributed by atoms with Gasteiger partial charge in [0.2, 0.25) is 15.9 Å². The zero-order valence-corrected chi connectivity index (χ0v) is 20.5. The van der Waals surface area contributed by atoms with Crippen LogP contribution in [0.4, 0.5) is 10.7 Å². The van der Waals surface area contributed by atoms with Crippen molar-refractivity contribution in [2.24, 2.45) is 5.92 Å². The summed E-state index contributed by atoms with van der Waals surface area (Å²) in [7, 11) is -3.34. The molecule has 2 N–H and O–H groups in total. The molecule has 0 spiro atoms. The lowest BCUT2D eigenvalue weighted by Crippen LogP contribution is -2.34. The van der Waals surface area contributed by atoms with Crippen molar-refractivity contribution in [3.8, 4) is 6.07 Å². The van der Waals surface area contributed by atoms with Gasteiger partial charge in [-0.2, -0.15) is 5.26 Å². The Bertz CT molecular complexity index is 1140. The number of sulfonamides is 1. The van der Waals surface area contributed by atoms with Crippen molar-refractivity contribution in [1.82, 2.24) is 4.90 Å². The predicted molar refractivity (Wildman–Crippen MR) is 132 cm³/mol. The normalized spacial score (nSPS) is 17.2. The van der Waals surface area contributed by atoms with E-state index in [0.29, 0.717) is 16.3 Å². The van der Waals surface area contributed by atoms with Crippen LogP contribution < -0.4 is 10.0 Å². The summed E-state index contributed by atoms with van der Waals surface area (Å²) in [6.07, 6.45) is 8.81. The van der Waals surface area contributed by atoms with Crippen LogP contribution in [0.3, 0.4) is 0 Å². The van der Waals surface area contributed by atoms with E-state index in [0.717, 1.165) is 49.4 Å². The second-order valence-corrected chi connectivity index (χ2v) is 12.0. The molecule has 0 saturated heterocycles. The van der Waals surface area contributed by atoms with Crippen molar-refractivity contribution in [3.63, 3.8) is 0 Å². The largest absolute Gasteiger partial charge is 0.316 e. The quantitative estimate of drug-likeness (QED) is 0.613. The molecule has 2 heterocycles. The van der Waals surface area contributed by atoms with Gasteiger partial charge in [-0.15, -0.1) is 11.3 Å². The molecule has 9 heteroatoms. The van der Waals surface area contributed by atoms with Gasteiger partial charge in [0.1, 0.15) is 11.1 Å². The second-order valence-electron chi connectivity index (χ2n) is 9.10. The fourth-order valence-corrected chi connectivity index (χ4v) is 6.53. The Morgan fingerprint density at radius 1 is 1.21 bits per heavy atom. The van der Waals surface area contributed by atoms with E-state index < -0.39 is 10.0 Å². The Morgan fingerprint density at radius 2 is 1.94 bits per heavy atom. The molecule has 1 aromatic carbocycles. The lowest BCUT2D eigenvalue weighted by Gasteiger charge is -2.32. The van der Waals surface area contributed by atoms with E-state index in [4.69, 9.17) is 0 Å². The minimum atomic E-state index is -3.34. The number of rotatable bonds is 7. The maximum Gasteiger partial charge on any atom is 0.229 e. The van der Waals surface area contributed by atoms with Crippen LogP contribution in [-0.4, -0.2) is 38.6 Å². The number of hydrogen-bond acceptors (Lipinski definition) is 6. The third-order valence-corrected chi connectivity index (χ3v) is 8.17. The summed E-state index contributed by atoms with van der Waals surface area (Å²) in [5, 5.41) is 13.4. The van der Waals surface area contributed by atoms with Gasteiger partial charge in [0.05, 0.1) is 18.2 Å². The molecule has 2 aromatic rings. The molecule has 33 heavy (non-hydrogen) atoms. The maximum absolute atomic E-state index is 12.7. The van der Waals surface area contributed by atoms with Gasteiger partial charge >= 0.3 is 0 Å². The zero-order valence-electron chi connectivity index (χ0n) is 18.9. The molecule has 1 aliphatic carbocycles. The zero-order chi connectivity index (χ0) is 23.4. The number of carbonyl (C=O) groups excluding carboxylic acids is 1. The highest BCUT2D eigenvalue weighted by Gasteiger charge is 2.27. The number of amides is 1. The summed E-state index contributed by atoms with van der Waals surface area (Å²) in [5.74, 6) is 0.579. The van der Waals surface area contributed by atoms with Crippen molar-refractivity contribution in [2.75, 3.05) is 29.4 Å². The smallest absolute Gasteiger partial charge is 0.229 e. The molecular weight excluding hydrogens is 456 g/mol. The number of nitrogens with zero attached hydrogens (tertiary/aromatic N) is 2. The van der Waals surface area contributed by atoms with E-state index in [-0.39, 0.29) is 12.3 Å². The second kappa shape index (κ2) is 10.2. The van der Waals surface area contributed by atoms with Gasteiger partial charge in [0, 0.05) is 35.8 Å². The number of anilines is 2. The minimum absolute atomic E-state index is 0.153. The lowest BCUT2D eigenvalue weighted by molar-refractivity contribution is -0.115. The highest BCUT2D eigenvalue weighted by atomic mass is 32.2. The summed E-state index contributed by atoms with van der Waals surface area (Å²) in [6.45, 7) is 2.90. The van der Waals surface area contributed by atoms with Gasteiger partial charge in [-0.25, -0.2) is 8.42 Å². The van der Waals surface area contributed by atoms with Crippen LogP contribution in [0.25, 0.3) is 0 Å². The standard InChI is InChI=1S/C24H30N4O3S2/c1-33(30,31)27-19-9-7-17(8-10-19)13-23(29)26-24-20(14-25)21-16-28(12-11-22(21)32-24)15-18-5-3-2-4-6-18/h7-10,18,27H,2-6,11-13,15-16H2,1H3,(H,26,29). The average Bonchev–Trinajstić information content (AvgIpc) is 3.11. The fraction of sp³-hybridized carbons (Fsp3) is 0.500. The molecule has 4 rings (SSSR count). The van der Waals surface area contributed by atoms with E-state index in [1.807, 2.05) is 0 Å². The van der Waals surface area contributed by atoms with Crippen LogP contribution in [0.5, 0.6) is 0 Å². The van der Waals surface area contributed by atoms with E-state index >= 15 is 0 Å². The van der Waals surface area contributed by atoms with Crippen molar-refractivity contribution in [1.29, 1.82) is 5.26 Å². The van der Waals surface area contributed by atoms with Crippen LogP contribution >= 0.6 is 11.3 Å². The number of hydrogen-bond donors (Lipinski definition) is 2. The first-order chi connectivity index (χ1) is 15.8. The first-order valence-electron chi connectivity index (χ1n) is 11.4. The van der Waals surface area contributed by atoms with Crippen molar-refractivity contribution < 1.29 is 13.2 Å². The van der Waals surface area contributed by atoms with Crippen molar-refractivity contribution in [2.45, 2.75) is 51.5 Å². The Labute approximate surface area is 199 Å². The van der Waals surface area contributed by atoms with Crippen LogP contribution in [0.1, 0.15) is 53.7 Å². The SMILES string of the molecule is CS(=O)(=O)Nc1ccc(CC(=O)Nc2sc3c(c2C#N)CN(CC2CCCCC2)CC3)cc1. The molecule has 7 nitrogen and oxygen atoms in total. The molecule has 1 saturated carbocycles. The minimum Gasteiger partial charge on any atom is -0.316 e. The Balaban J connectivity index is 1.39. The Morgan fingerprint density at radius 3 is 2.61 bits per heavy atom. The summed E-state index contributed by atoms with van der Waals surface area (Å²) in [6, 6.07) is 9.04. The van der Waals surface area contributed by atoms with Gasteiger partial charge in [0.15, 0.2) is 0 Å². The van der Waals surface area contributed by atoms with Gasteiger partial charge < -0.3 is 5.32 Å². The fourth-order valence-electron chi connectivity index (χ4n) is 4.80. The molecule has 0 atom stereocenters. The lowest BCUT2D eigenvalue weighted by atomic mass is 9.88. The molecule has 176 valence electrons. The third kappa shape index (κ3) is 6.34. The summed E-state index contributed by atoms with van der Waals surface area (Å²) >= 11 is 1.52. The maximum atomic E-state index is 12.7. The molecule has 1 aromatic heterocycles. The first-order valence-corrected chi connectivity index (χ1v) is 14.1. The number of thiophene rings is 1. The highest BCUT2D eigenvalue weighted by molar-refractivity contribution is 7.92. The number of fused-ring (bicyclic) bond motifs is 1. The third-order valence-electron chi connectivity index (χ3n) is 6.36. The molecule has 0 bridgehead atoms. The predicted octanol–water partition coefficient (Wildman–Crippen LogP) is 4.11. The van der Waals surface area contributed by atoms with E-state index in [1.165, 1.54) is 48.3 Å². The van der Waals surface area contributed by atoms with Gasteiger partial charge in [-0.1, -0.05) is 31.4 Å². The summed E-state index contributed by atoms with van der Waals surface area (Å²) < 4.78 is 25.1. The number of nitrogens with one attached hydrogen (secondary N) is 2. The van der Waals surface area contributed by atoms with E-state index in [1.54, 1.807) is 24.3 Å². The average molecular weight is 487 g/mol. The number of carbonyl (C=O) groups is 1. The van der Waals surface area contributed by atoms with Crippen molar-refractivity contribution >= 4 is 38.0 Å². The molecular formula is C24H30N4O3S2.